The molecule has 2 aromatic heterocycles. The van der Waals surface area contributed by atoms with E-state index in [1.807, 2.05) is 24.3 Å². The molecule has 7 heteroatoms. The molecule has 0 unspecified atom stereocenters. The summed E-state index contributed by atoms with van der Waals surface area (Å²) in [4.78, 5) is 17.1. The van der Waals surface area contributed by atoms with Gasteiger partial charge in [-0.25, -0.2) is 0 Å². The molecule has 146 valence electrons. The van der Waals surface area contributed by atoms with E-state index in [-0.39, 0.29) is 12.1 Å². The highest BCUT2D eigenvalue weighted by molar-refractivity contribution is 6.29. The van der Waals surface area contributed by atoms with Crippen LogP contribution in [0.1, 0.15) is 11.1 Å². The smallest absolute Gasteiger partial charge is 0.255 e. The zero-order chi connectivity index (χ0) is 20.1. The van der Waals surface area contributed by atoms with Gasteiger partial charge in [0.15, 0.2) is 11.5 Å². The van der Waals surface area contributed by atoms with Crippen LogP contribution < -0.4 is 20.3 Å². The lowest BCUT2D eigenvalue weighted by Crippen LogP contribution is -2.27. The molecule has 3 rings (SSSR count). The zero-order valence-corrected chi connectivity index (χ0v) is 16.6. The van der Waals surface area contributed by atoms with Crippen molar-refractivity contribution in [2.24, 2.45) is 0 Å². The van der Waals surface area contributed by atoms with Crippen LogP contribution in [-0.4, -0.2) is 23.8 Å². The van der Waals surface area contributed by atoms with E-state index in [0.717, 1.165) is 10.9 Å². The molecule has 1 N–H and O–H groups in total. The predicted octanol–water partition coefficient (Wildman–Crippen LogP) is 3.46. The summed E-state index contributed by atoms with van der Waals surface area (Å²) in [5, 5.41) is 4.52. The van der Waals surface area contributed by atoms with Gasteiger partial charge >= 0.3 is 0 Å². The first-order chi connectivity index (χ1) is 13.5. The van der Waals surface area contributed by atoms with Gasteiger partial charge < -0.3 is 19.4 Å². The number of methoxy groups -OCH3 is 2. The Balaban J connectivity index is 2.01. The number of halogens is 1. The Hall–Kier alpha value is -2.83. The normalized spacial score (nSPS) is 10.8. The SMILES string of the molecule is C=C(Cl)Cn1c(=O)c(CNCc2cccnc2)cc2cc(OC)c(OC)cc21. The fourth-order valence-corrected chi connectivity index (χ4v) is 3.18. The third kappa shape index (κ3) is 4.35. The van der Waals surface area contributed by atoms with Crippen LogP contribution >= 0.6 is 11.6 Å². The molecule has 2 heterocycles. The first kappa shape index (κ1) is 19.9. The highest BCUT2D eigenvalue weighted by atomic mass is 35.5. The second kappa shape index (κ2) is 8.91. The van der Waals surface area contributed by atoms with Crippen molar-refractivity contribution >= 4 is 22.5 Å². The minimum Gasteiger partial charge on any atom is -0.493 e. The number of hydrogen-bond acceptors (Lipinski definition) is 5. The van der Waals surface area contributed by atoms with Crippen molar-refractivity contribution in [3.63, 3.8) is 0 Å². The third-order valence-electron chi connectivity index (χ3n) is 4.37. The highest BCUT2D eigenvalue weighted by Gasteiger charge is 2.14. The molecule has 0 aliphatic carbocycles. The first-order valence-corrected chi connectivity index (χ1v) is 9.12. The van der Waals surface area contributed by atoms with Gasteiger partial charge in [-0.2, -0.15) is 0 Å². The van der Waals surface area contributed by atoms with Gasteiger partial charge in [-0.3, -0.25) is 9.78 Å². The molecule has 0 bridgehead atoms. The Morgan fingerprint density at radius 1 is 1.21 bits per heavy atom. The number of rotatable bonds is 8. The lowest BCUT2D eigenvalue weighted by molar-refractivity contribution is 0.355. The Morgan fingerprint density at radius 3 is 2.61 bits per heavy atom. The molecular formula is C21H22ClN3O3. The van der Waals surface area contributed by atoms with E-state index < -0.39 is 0 Å². The minimum atomic E-state index is -0.125. The van der Waals surface area contributed by atoms with Gasteiger partial charge in [0.05, 0.1) is 26.3 Å². The summed E-state index contributed by atoms with van der Waals surface area (Å²) in [6.45, 7) is 4.96. The van der Waals surface area contributed by atoms with Gasteiger partial charge in [-0.05, 0) is 23.8 Å². The van der Waals surface area contributed by atoms with Crippen LogP contribution in [0.5, 0.6) is 11.5 Å². The lowest BCUT2D eigenvalue weighted by atomic mass is 10.1. The molecule has 0 aliphatic heterocycles. The largest absolute Gasteiger partial charge is 0.493 e. The van der Waals surface area contributed by atoms with Crippen LogP contribution in [0.3, 0.4) is 0 Å². The number of benzene rings is 1. The zero-order valence-electron chi connectivity index (χ0n) is 15.9. The minimum absolute atomic E-state index is 0.125. The van der Waals surface area contributed by atoms with E-state index in [9.17, 15) is 4.79 Å². The molecule has 0 atom stereocenters. The number of aromatic nitrogens is 2. The third-order valence-corrected chi connectivity index (χ3v) is 4.49. The summed E-state index contributed by atoms with van der Waals surface area (Å²) in [6, 6.07) is 9.36. The molecule has 0 fully saturated rings. The van der Waals surface area contributed by atoms with Crippen LogP contribution in [0.25, 0.3) is 10.9 Å². The number of pyridine rings is 2. The van der Waals surface area contributed by atoms with Gasteiger partial charge in [0.2, 0.25) is 0 Å². The van der Waals surface area contributed by atoms with Crippen molar-refractivity contribution in [1.29, 1.82) is 0 Å². The maximum atomic E-state index is 13.1. The molecule has 0 saturated heterocycles. The van der Waals surface area contributed by atoms with E-state index in [1.165, 1.54) is 0 Å². The summed E-state index contributed by atoms with van der Waals surface area (Å²) in [6.07, 6.45) is 3.52. The average Bonchev–Trinajstić information content (AvgIpc) is 2.70. The number of ether oxygens (including phenoxy) is 2. The van der Waals surface area contributed by atoms with E-state index in [1.54, 1.807) is 37.2 Å². The molecule has 28 heavy (non-hydrogen) atoms. The fraction of sp³-hybridized carbons (Fsp3) is 0.238. The number of hydrogen-bond donors (Lipinski definition) is 1. The van der Waals surface area contributed by atoms with Crippen LogP contribution in [0.2, 0.25) is 0 Å². The van der Waals surface area contributed by atoms with E-state index in [4.69, 9.17) is 21.1 Å². The molecule has 6 nitrogen and oxygen atoms in total. The molecule has 0 aliphatic rings. The molecule has 0 amide bonds. The van der Waals surface area contributed by atoms with Crippen LogP contribution in [0, 0.1) is 0 Å². The van der Waals surface area contributed by atoms with Gasteiger partial charge in [0.1, 0.15) is 0 Å². The van der Waals surface area contributed by atoms with Gasteiger partial charge in [0.25, 0.3) is 5.56 Å². The number of nitrogens with zero attached hydrogens (tertiary/aromatic N) is 2. The molecular weight excluding hydrogens is 378 g/mol. The fourth-order valence-electron chi connectivity index (χ4n) is 3.06. The standard InChI is InChI=1S/C21H22ClN3O3/c1-14(22)13-25-18-9-20(28-3)19(27-2)8-16(18)7-17(21(25)26)12-24-11-15-5-4-6-23-10-15/h4-10,24H,1,11-13H2,2-3H3. The van der Waals surface area contributed by atoms with E-state index >= 15 is 0 Å². The highest BCUT2D eigenvalue weighted by Crippen LogP contribution is 2.32. The van der Waals surface area contributed by atoms with E-state index in [0.29, 0.717) is 40.7 Å². The van der Waals surface area contributed by atoms with E-state index in [2.05, 4.69) is 16.9 Å². The maximum absolute atomic E-state index is 13.1. The second-order valence-electron chi connectivity index (χ2n) is 6.31. The Labute approximate surface area is 168 Å². The summed E-state index contributed by atoms with van der Waals surface area (Å²) in [5.74, 6) is 1.14. The van der Waals surface area contributed by atoms with Crippen LogP contribution in [-0.2, 0) is 19.6 Å². The Bertz CT molecular complexity index is 1050. The van der Waals surface area contributed by atoms with Crippen molar-refractivity contribution in [1.82, 2.24) is 14.9 Å². The van der Waals surface area contributed by atoms with Gasteiger partial charge in [-0.1, -0.05) is 24.2 Å². The summed E-state index contributed by atoms with van der Waals surface area (Å²) in [5.41, 5.74) is 2.26. The first-order valence-electron chi connectivity index (χ1n) is 8.75. The maximum Gasteiger partial charge on any atom is 0.255 e. The van der Waals surface area contributed by atoms with Crippen molar-refractivity contribution in [2.45, 2.75) is 19.6 Å². The van der Waals surface area contributed by atoms with Crippen LogP contribution in [0.15, 0.2) is 59.1 Å². The van der Waals surface area contributed by atoms with Gasteiger partial charge in [0, 0.05) is 47.5 Å². The quantitative estimate of drug-likeness (QED) is 0.628. The number of allylic oxidation sites excluding steroid dienone is 1. The molecule has 1 aromatic carbocycles. The van der Waals surface area contributed by atoms with Crippen molar-refractivity contribution < 1.29 is 9.47 Å². The number of fused-ring (bicyclic) bond motifs is 1. The monoisotopic (exact) mass is 399 g/mol. The van der Waals surface area contributed by atoms with Crippen molar-refractivity contribution in [3.8, 4) is 11.5 Å². The predicted molar refractivity (Wildman–Crippen MR) is 111 cm³/mol. The summed E-state index contributed by atoms with van der Waals surface area (Å²) < 4.78 is 12.4. The van der Waals surface area contributed by atoms with Crippen molar-refractivity contribution in [2.75, 3.05) is 14.2 Å². The summed E-state index contributed by atoms with van der Waals surface area (Å²) >= 11 is 6.02. The topological polar surface area (TPSA) is 65.4 Å². The van der Waals surface area contributed by atoms with Crippen molar-refractivity contribution in [3.05, 3.63) is 75.8 Å². The molecule has 0 saturated carbocycles. The van der Waals surface area contributed by atoms with Crippen LogP contribution in [0.4, 0.5) is 0 Å². The molecule has 3 aromatic rings. The Kier molecular flexibility index (Phi) is 6.34. The Morgan fingerprint density at radius 2 is 1.96 bits per heavy atom. The average molecular weight is 400 g/mol. The second-order valence-corrected chi connectivity index (χ2v) is 6.84. The molecule has 0 spiro atoms. The van der Waals surface area contributed by atoms with Gasteiger partial charge in [-0.15, -0.1) is 0 Å². The lowest BCUT2D eigenvalue weighted by Gasteiger charge is -2.16. The summed E-state index contributed by atoms with van der Waals surface area (Å²) in [7, 11) is 3.14. The number of nitrogens with one attached hydrogen (secondary N) is 1. The molecule has 0 radical (unpaired) electrons.